The van der Waals surface area contributed by atoms with E-state index in [-0.39, 0.29) is 12.4 Å². The Morgan fingerprint density at radius 1 is 1.60 bits per heavy atom. The average molecular weight is 271 g/mol. The van der Waals surface area contributed by atoms with Crippen LogP contribution in [0.2, 0.25) is 0 Å². The molecule has 2 aromatic heterocycles. The van der Waals surface area contributed by atoms with Gasteiger partial charge in [-0.05, 0) is 15.9 Å². The molecule has 0 radical (unpaired) electrons. The number of nitrogens with zero attached hydrogens (tertiary/aromatic N) is 4. The second-order valence-corrected chi connectivity index (χ2v) is 3.53. The minimum absolute atomic E-state index is 0.0914. The molecule has 0 saturated heterocycles. The number of ether oxygens (including phenoxy) is 1. The van der Waals surface area contributed by atoms with Crippen molar-refractivity contribution in [2.24, 2.45) is 0 Å². The number of hydrogen-bond donors (Lipinski definition) is 0. The molecule has 0 unspecified atom stereocenters. The lowest BCUT2D eigenvalue weighted by atomic mass is 10.4. The summed E-state index contributed by atoms with van der Waals surface area (Å²) in [5.41, 5.74) is 0.580. The van der Waals surface area contributed by atoms with Crippen molar-refractivity contribution in [1.82, 2.24) is 19.6 Å². The van der Waals surface area contributed by atoms with Crippen LogP contribution in [0.25, 0.3) is 5.65 Å². The van der Waals surface area contributed by atoms with E-state index in [1.165, 1.54) is 7.11 Å². The number of fused-ring (bicyclic) bond motifs is 1. The standard InChI is InChI=1S/C8H7BrN4O2/c1-15-6(14)4-5-11-12-8-7(9)10-2-3-13(5)8/h2-3H,4H2,1H3. The maximum Gasteiger partial charge on any atom is 0.313 e. The van der Waals surface area contributed by atoms with Crippen LogP contribution >= 0.6 is 15.9 Å². The molecule has 0 bridgehead atoms. The second kappa shape index (κ2) is 3.93. The zero-order chi connectivity index (χ0) is 10.8. The van der Waals surface area contributed by atoms with Crippen molar-refractivity contribution in [1.29, 1.82) is 0 Å². The molecule has 0 aliphatic heterocycles. The Hall–Kier alpha value is -1.50. The number of aromatic nitrogens is 4. The summed E-state index contributed by atoms with van der Waals surface area (Å²) in [6.45, 7) is 0. The molecular weight excluding hydrogens is 264 g/mol. The van der Waals surface area contributed by atoms with Crippen molar-refractivity contribution in [2.45, 2.75) is 6.42 Å². The van der Waals surface area contributed by atoms with Crippen LogP contribution < -0.4 is 0 Å². The molecule has 6 nitrogen and oxygen atoms in total. The lowest BCUT2D eigenvalue weighted by molar-refractivity contribution is -0.139. The normalized spacial score (nSPS) is 10.5. The minimum atomic E-state index is -0.350. The van der Waals surface area contributed by atoms with Crippen LogP contribution in [0.5, 0.6) is 0 Å². The Labute approximate surface area is 93.4 Å². The summed E-state index contributed by atoms with van der Waals surface area (Å²) in [4.78, 5) is 15.1. The molecule has 7 heteroatoms. The van der Waals surface area contributed by atoms with Crippen molar-refractivity contribution in [3.63, 3.8) is 0 Å². The number of hydrogen-bond acceptors (Lipinski definition) is 5. The predicted octanol–water partition coefficient (Wildman–Crippen LogP) is 0.602. The Balaban J connectivity index is 2.45. The fourth-order valence-corrected chi connectivity index (χ4v) is 1.55. The molecule has 15 heavy (non-hydrogen) atoms. The summed E-state index contributed by atoms with van der Waals surface area (Å²) in [5.74, 6) is 0.178. The third-order valence-corrected chi connectivity index (χ3v) is 2.44. The van der Waals surface area contributed by atoms with Gasteiger partial charge in [0, 0.05) is 12.4 Å². The highest BCUT2D eigenvalue weighted by Crippen LogP contribution is 2.13. The van der Waals surface area contributed by atoms with E-state index in [1.807, 2.05) is 0 Å². The van der Waals surface area contributed by atoms with Crippen molar-refractivity contribution in [3.8, 4) is 0 Å². The van der Waals surface area contributed by atoms with E-state index in [9.17, 15) is 4.79 Å². The van der Waals surface area contributed by atoms with Gasteiger partial charge in [-0.1, -0.05) is 0 Å². The molecule has 0 aliphatic rings. The molecule has 0 aromatic carbocycles. The largest absolute Gasteiger partial charge is 0.469 e. The average Bonchev–Trinajstić information content (AvgIpc) is 2.63. The van der Waals surface area contributed by atoms with E-state index < -0.39 is 0 Å². The topological polar surface area (TPSA) is 69.4 Å². The van der Waals surface area contributed by atoms with Crippen LogP contribution in [0, 0.1) is 0 Å². The minimum Gasteiger partial charge on any atom is -0.469 e. The molecule has 2 heterocycles. The van der Waals surface area contributed by atoms with Gasteiger partial charge >= 0.3 is 5.97 Å². The highest BCUT2D eigenvalue weighted by molar-refractivity contribution is 9.10. The van der Waals surface area contributed by atoms with Gasteiger partial charge in [-0.15, -0.1) is 10.2 Å². The summed E-state index contributed by atoms with van der Waals surface area (Å²) in [6.07, 6.45) is 3.38. The van der Waals surface area contributed by atoms with Crippen molar-refractivity contribution >= 4 is 27.5 Å². The molecule has 78 valence electrons. The summed E-state index contributed by atoms with van der Waals surface area (Å²) in [5, 5.41) is 7.79. The van der Waals surface area contributed by atoms with Gasteiger partial charge in [0.25, 0.3) is 0 Å². The van der Waals surface area contributed by atoms with Gasteiger partial charge in [0.2, 0.25) is 0 Å². The molecule has 0 saturated carbocycles. The van der Waals surface area contributed by atoms with Crippen LogP contribution in [-0.2, 0) is 16.0 Å². The molecule has 0 amide bonds. The van der Waals surface area contributed by atoms with E-state index in [4.69, 9.17) is 0 Å². The first kappa shape index (κ1) is 10.0. The molecule has 2 aromatic rings. The number of esters is 1. The number of methoxy groups -OCH3 is 1. The van der Waals surface area contributed by atoms with Crippen molar-refractivity contribution in [3.05, 3.63) is 22.8 Å². The van der Waals surface area contributed by atoms with E-state index >= 15 is 0 Å². The fraction of sp³-hybridized carbons (Fsp3) is 0.250. The van der Waals surface area contributed by atoms with Crippen LogP contribution in [0.1, 0.15) is 5.82 Å². The first-order chi connectivity index (χ1) is 7.22. The van der Waals surface area contributed by atoms with Crippen molar-refractivity contribution in [2.75, 3.05) is 7.11 Å². The second-order valence-electron chi connectivity index (χ2n) is 2.78. The quantitative estimate of drug-likeness (QED) is 0.748. The first-order valence-corrected chi connectivity index (χ1v) is 4.92. The Morgan fingerprint density at radius 3 is 3.13 bits per heavy atom. The molecule has 0 fully saturated rings. The smallest absolute Gasteiger partial charge is 0.313 e. The monoisotopic (exact) mass is 270 g/mol. The molecule has 0 aliphatic carbocycles. The van der Waals surface area contributed by atoms with Gasteiger partial charge < -0.3 is 4.74 Å². The highest BCUT2D eigenvalue weighted by atomic mass is 79.9. The van der Waals surface area contributed by atoms with Gasteiger partial charge in [0.05, 0.1) is 7.11 Å². The summed E-state index contributed by atoms with van der Waals surface area (Å²) in [6, 6.07) is 0. The zero-order valence-electron chi connectivity index (χ0n) is 7.85. The van der Waals surface area contributed by atoms with Crippen LogP contribution in [0.4, 0.5) is 0 Å². The van der Waals surface area contributed by atoms with E-state index in [0.29, 0.717) is 16.1 Å². The molecular formula is C8H7BrN4O2. The predicted molar refractivity (Wildman–Crippen MR) is 54.2 cm³/mol. The molecule has 0 atom stereocenters. The zero-order valence-corrected chi connectivity index (χ0v) is 9.43. The van der Waals surface area contributed by atoms with Gasteiger partial charge in [0.1, 0.15) is 12.2 Å². The number of rotatable bonds is 2. The number of carbonyl (C=O) groups is 1. The Morgan fingerprint density at radius 2 is 2.40 bits per heavy atom. The number of carbonyl (C=O) groups excluding carboxylic acids is 1. The Kier molecular flexibility index (Phi) is 2.63. The third-order valence-electron chi connectivity index (χ3n) is 1.88. The molecule has 2 rings (SSSR count). The first-order valence-electron chi connectivity index (χ1n) is 4.13. The van der Waals surface area contributed by atoms with Gasteiger partial charge in [-0.25, -0.2) is 4.98 Å². The lowest BCUT2D eigenvalue weighted by Crippen LogP contribution is -2.07. The summed E-state index contributed by atoms with van der Waals surface area (Å²) in [7, 11) is 1.34. The molecule has 0 N–H and O–H groups in total. The van der Waals surface area contributed by atoms with E-state index in [1.54, 1.807) is 16.8 Å². The van der Waals surface area contributed by atoms with E-state index in [2.05, 4.69) is 35.8 Å². The highest BCUT2D eigenvalue weighted by Gasteiger charge is 2.12. The van der Waals surface area contributed by atoms with Crippen LogP contribution in [0.15, 0.2) is 17.0 Å². The third kappa shape index (κ3) is 1.82. The van der Waals surface area contributed by atoms with Crippen LogP contribution in [-0.4, -0.2) is 32.7 Å². The summed E-state index contributed by atoms with van der Waals surface area (Å²) < 4.78 is 6.84. The maximum atomic E-state index is 11.1. The molecule has 0 spiro atoms. The fourth-order valence-electron chi connectivity index (χ4n) is 1.17. The van der Waals surface area contributed by atoms with Gasteiger partial charge in [0.15, 0.2) is 10.3 Å². The van der Waals surface area contributed by atoms with Crippen molar-refractivity contribution < 1.29 is 9.53 Å². The number of halogens is 1. The van der Waals surface area contributed by atoms with Crippen LogP contribution in [0.3, 0.4) is 0 Å². The van der Waals surface area contributed by atoms with E-state index in [0.717, 1.165) is 0 Å². The van der Waals surface area contributed by atoms with Gasteiger partial charge in [-0.3, -0.25) is 9.20 Å². The summed E-state index contributed by atoms with van der Waals surface area (Å²) >= 11 is 3.24. The Bertz CT molecular complexity index is 510. The maximum absolute atomic E-state index is 11.1. The lowest BCUT2D eigenvalue weighted by Gasteiger charge is -1.98. The van der Waals surface area contributed by atoms with Gasteiger partial charge in [-0.2, -0.15) is 0 Å². The SMILES string of the molecule is COC(=O)Cc1nnc2c(Br)nccn12.